The number of aromatic nitrogens is 1. The van der Waals surface area contributed by atoms with E-state index in [9.17, 15) is 4.79 Å². The van der Waals surface area contributed by atoms with Crippen molar-refractivity contribution in [2.45, 2.75) is 6.92 Å². The Morgan fingerprint density at radius 3 is 2.70 bits per heavy atom. The first-order valence-electron chi connectivity index (χ1n) is 8.07. The molecule has 5 N–H and O–H groups in total. The fourth-order valence-electron chi connectivity index (χ4n) is 2.20. The summed E-state index contributed by atoms with van der Waals surface area (Å²) < 4.78 is 10.4. The Morgan fingerprint density at radius 1 is 1.33 bits per heavy atom. The first-order valence-corrected chi connectivity index (χ1v) is 8.45. The van der Waals surface area contributed by atoms with Crippen LogP contribution >= 0.6 is 11.6 Å². The number of allylic oxidation sites excluding steroid dienone is 1. The first-order chi connectivity index (χ1) is 12.8. The number of halogens is 1. The number of carbonyl (C=O) groups excluding carboxylic acids is 1. The zero-order valence-corrected chi connectivity index (χ0v) is 15.8. The van der Waals surface area contributed by atoms with Gasteiger partial charge in [0.2, 0.25) is 5.78 Å². The summed E-state index contributed by atoms with van der Waals surface area (Å²) in [5.41, 5.74) is 13.6. The molecule has 0 spiro atoms. The van der Waals surface area contributed by atoms with Gasteiger partial charge < -0.3 is 20.9 Å². The molecule has 0 amide bonds. The van der Waals surface area contributed by atoms with Gasteiger partial charge in [-0.05, 0) is 25.1 Å². The highest BCUT2D eigenvalue weighted by Crippen LogP contribution is 2.30. The van der Waals surface area contributed by atoms with E-state index in [1.165, 1.54) is 18.2 Å². The van der Waals surface area contributed by atoms with Crippen molar-refractivity contribution in [1.29, 1.82) is 5.41 Å². The van der Waals surface area contributed by atoms with Crippen LogP contribution in [0.15, 0.2) is 36.5 Å². The number of rotatable bonds is 8. The second kappa shape index (κ2) is 9.16. The van der Waals surface area contributed by atoms with Crippen LogP contribution in [0, 0.1) is 12.3 Å². The van der Waals surface area contributed by atoms with Crippen molar-refractivity contribution in [3.63, 3.8) is 0 Å². The van der Waals surface area contributed by atoms with Crippen molar-refractivity contribution >= 4 is 34.5 Å². The molecule has 1 heterocycles. The average Bonchev–Trinajstić information content (AvgIpc) is 2.64. The molecule has 1 aromatic heterocycles. The molecule has 0 aliphatic carbocycles. The second-order valence-corrected chi connectivity index (χ2v) is 6.15. The Hall–Kier alpha value is -2.90. The van der Waals surface area contributed by atoms with Gasteiger partial charge in [0.25, 0.3) is 0 Å². The van der Waals surface area contributed by atoms with Gasteiger partial charge in [-0.25, -0.2) is 0 Å². The van der Waals surface area contributed by atoms with Crippen molar-refractivity contribution in [3.05, 3.63) is 58.4 Å². The van der Waals surface area contributed by atoms with Gasteiger partial charge in [0.05, 0.1) is 11.6 Å². The predicted octanol–water partition coefficient (Wildman–Crippen LogP) is 2.59. The highest BCUT2D eigenvalue weighted by molar-refractivity contribution is 6.50. The average molecular weight is 389 g/mol. The third-order valence-corrected chi connectivity index (χ3v) is 3.99. The van der Waals surface area contributed by atoms with E-state index in [2.05, 4.69) is 4.98 Å². The van der Waals surface area contributed by atoms with Gasteiger partial charge in [0.15, 0.2) is 0 Å². The molecule has 0 radical (unpaired) electrons. The van der Waals surface area contributed by atoms with Crippen LogP contribution in [0.25, 0.3) is 5.70 Å². The summed E-state index contributed by atoms with van der Waals surface area (Å²) in [6.07, 6.45) is 2.74. The molecule has 2 rings (SSSR count). The van der Waals surface area contributed by atoms with Crippen LogP contribution in [0.2, 0.25) is 5.02 Å². The van der Waals surface area contributed by atoms with E-state index >= 15 is 0 Å². The number of carbonyl (C=O) groups is 1. The normalized spacial score (nSPS) is 11.3. The van der Waals surface area contributed by atoms with Gasteiger partial charge in [-0.2, -0.15) is 0 Å². The molecule has 2 aromatic rings. The van der Waals surface area contributed by atoms with Crippen LogP contribution in [0.3, 0.4) is 0 Å². The number of nitrogen functional groups attached to an aromatic ring is 1. The zero-order chi connectivity index (χ0) is 20.0. The SMILES string of the molecule is COCCOc1cc(N)c(C(=N)C(=O)/C=C(\N)c2ccc(C)nc2)cc1Cl. The lowest BCUT2D eigenvalue weighted by Gasteiger charge is -2.12. The van der Waals surface area contributed by atoms with Crippen LogP contribution in [0.4, 0.5) is 5.69 Å². The van der Waals surface area contributed by atoms with Crippen LogP contribution < -0.4 is 16.2 Å². The molecule has 0 saturated carbocycles. The number of ether oxygens (including phenoxy) is 2. The fourth-order valence-corrected chi connectivity index (χ4v) is 2.42. The predicted molar refractivity (Wildman–Crippen MR) is 106 cm³/mol. The van der Waals surface area contributed by atoms with E-state index in [1.807, 2.05) is 6.92 Å². The molecular weight excluding hydrogens is 368 g/mol. The molecule has 1 aromatic carbocycles. The maximum atomic E-state index is 12.4. The van der Waals surface area contributed by atoms with E-state index in [0.29, 0.717) is 24.5 Å². The van der Waals surface area contributed by atoms with Crippen LogP contribution in [0.1, 0.15) is 16.8 Å². The van der Waals surface area contributed by atoms with Crippen molar-refractivity contribution in [3.8, 4) is 5.75 Å². The third-order valence-electron chi connectivity index (χ3n) is 3.70. The van der Waals surface area contributed by atoms with E-state index in [0.717, 1.165) is 5.69 Å². The van der Waals surface area contributed by atoms with Gasteiger partial charge in [-0.15, -0.1) is 0 Å². The molecule has 0 aliphatic rings. The van der Waals surface area contributed by atoms with Crippen molar-refractivity contribution in [1.82, 2.24) is 4.98 Å². The van der Waals surface area contributed by atoms with Crippen molar-refractivity contribution in [2.75, 3.05) is 26.1 Å². The lowest BCUT2D eigenvalue weighted by Crippen LogP contribution is -2.16. The summed E-state index contributed by atoms with van der Waals surface area (Å²) in [6.45, 7) is 2.54. The number of nitrogens with one attached hydrogen (secondary N) is 1. The molecule has 27 heavy (non-hydrogen) atoms. The molecule has 0 atom stereocenters. The summed E-state index contributed by atoms with van der Waals surface area (Å²) >= 11 is 6.17. The monoisotopic (exact) mass is 388 g/mol. The molecule has 0 aliphatic heterocycles. The van der Waals surface area contributed by atoms with E-state index in [-0.39, 0.29) is 27.7 Å². The Labute approximate surface area is 162 Å². The summed E-state index contributed by atoms with van der Waals surface area (Å²) in [6, 6.07) is 6.44. The minimum Gasteiger partial charge on any atom is -0.490 e. The number of nitrogens with zero attached hydrogens (tertiary/aromatic N) is 1. The summed E-state index contributed by atoms with van der Waals surface area (Å²) in [4.78, 5) is 16.5. The number of anilines is 1. The maximum Gasteiger partial charge on any atom is 0.206 e. The van der Waals surface area contributed by atoms with E-state index in [4.69, 9.17) is 38.0 Å². The number of ketones is 1. The first kappa shape index (κ1) is 20.4. The molecule has 7 nitrogen and oxygen atoms in total. The number of pyridine rings is 1. The Bertz CT molecular complexity index is 879. The number of hydrogen-bond donors (Lipinski definition) is 3. The number of hydrogen-bond acceptors (Lipinski definition) is 7. The molecule has 0 fully saturated rings. The smallest absolute Gasteiger partial charge is 0.206 e. The topological polar surface area (TPSA) is 124 Å². The molecule has 0 bridgehead atoms. The van der Waals surface area contributed by atoms with Crippen molar-refractivity contribution < 1.29 is 14.3 Å². The number of benzene rings is 1. The molecule has 8 heteroatoms. The van der Waals surface area contributed by atoms with Gasteiger partial charge >= 0.3 is 0 Å². The Balaban J connectivity index is 2.21. The van der Waals surface area contributed by atoms with Crippen molar-refractivity contribution in [2.24, 2.45) is 5.73 Å². The quantitative estimate of drug-likeness (QED) is 0.276. The highest BCUT2D eigenvalue weighted by Gasteiger charge is 2.17. The maximum absolute atomic E-state index is 12.4. The highest BCUT2D eigenvalue weighted by atomic mass is 35.5. The van der Waals surface area contributed by atoms with E-state index < -0.39 is 5.78 Å². The lowest BCUT2D eigenvalue weighted by atomic mass is 10.0. The van der Waals surface area contributed by atoms with Crippen LogP contribution in [-0.2, 0) is 9.53 Å². The summed E-state index contributed by atoms with van der Waals surface area (Å²) in [5.74, 6) is -0.236. The second-order valence-electron chi connectivity index (χ2n) is 5.74. The molecule has 0 saturated heterocycles. The number of nitrogens with two attached hydrogens (primary N) is 2. The van der Waals surface area contributed by atoms with Gasteiger partial charge in [0, 0.05) is 53.7 Å². The fraction of sp³-hybridized carbons (Fsp3) is 0.211. The minimum atomic E-state index is -0.594. The standard InChI is InChI=1S/C19H21ClN4O3/c1-11-3-4-12(10-24-11)15(21)8-17(25)19(23)13-7-14(20)18(9-16(13)22)27-6-5-26-2/h3-4,7-10,23H,5-6,21-22H2,1-2H3/b15-8-,23-19?. The number of aryl methyl sites for hydroxylation is 1. The minimum absolute atomic E-state index is 0.203. The Kier molecular flexibility index (Phi) is 6.92. The summed E-state index contributed by atoms with van der Waals surface area (Å²) in [5, 5.41) is 8.38. The Morgan fingerprint density at radius 2 is 2.07 bits per heavy atom. The molecule has 0 unspecified atom stereocenters. The molecular formula is C19H21ClN4O3. The largest absolute Gasteiger partial charge is 0.490 e. The van der Waals surface area contributed by atoms with E-state index in [1.54, 1.807) is 25.4 Å². The van der Waals surface area contributed by atoms with Gasteiger partial charge in [-0.3, -0.25) is 15.2 Å². The summed E-state index contributed by atoms with van der Waals surface area (Å²) in [7, 11) is 1.56. The zero-order valence-electron chi connectivity index (χ0n) is 15.1. The molecule has 142 valence electrons. The van der Waals surface area contributed by atoms with Gasteiger partial charge in [0.1, 0.15) is 18.1 Å². The van der Waals surface area contributed by atoms with Gasteiger partial charge in [-0.1, -0.05) is 11.6 Å². The number of methoxy groups -OCH3 is 1. The third kappa shape index (κ3) is 5.29. The lowest BCUT2D eigenvalue weighted by molar-refractivity contribution is -0.108. The van der Waals surface area contributed by atoms with Crippen LogP contribution in [-0.4, -0.2) is 36.8 Å². The van der Waals surface area contributed by atoms with Crippen LogP contribution in [0.5, 0.6) is 5.75 Å².